The quantitative estimate of drug-likeness (QED) is 0.570. The highest BCUT2D eigenvalue weighted by atomic mass is 16.5. The van der Waals surface area contributed by atoms with E-state index in [0.717, 1.165) is 6.42 Å². The molecule has 18 heavy (non-hydrogen) atoms. The van der Waals surface area contributed by atoms with Gasteiger partial charge in [0.1, 0.15) is 0 Å². The lowest BCUT2D eigenvalue weighted by Crippen LogP contribution is -2.08. The third-order valence-electron chi connectivity index (χ3n) is 2.36. The molecule has 0 aliphatic heterocycles. The maximum Gasteiger partial charge on any atom is 0.306 e. The van der Waals surface area contributed by atoms with Crippen LogP contribution in [-0.4, -0.2) is 18.4 Å². The second kappa shape index (κ2) is 7.23. The molecule has 0 bridgehead atoms. The van der Waals surface area contributed by atoms with Crippen molar-refractivity contribution in [3.8, 4) is 6.07 Å². The van der Waals surface area contributed by atoms with Crippen LogP contribution in [0.15, 0.2) is 24.3 Å². The van der Waals surface area contributed by atoms with Gasteiger partial charge >= 0.3 is 5.97 Å². The summed E-state index contributed by atoms with van der Waals surface area (Å²) >= 11 is 0. The standard InChI is InChI=1S/C14H15NO3/c1-2-9-18-14(17)8-7-13(16)12-5-3-11(10-15)4-6-12/h3-6H,2,7-9H2,1H3. The Morgan fingerprint density at radius 3 is 2.44 bits per heavy atom. The number of benzene rings is 1. The van der Waals surface area contributed by atoms with Crippen molar-refractivity contribution < 1.29 is 14.3 Å². The Balaban J connectivity index is 2.45. The summed E-state index contributed by atoms with van der Waals surface area (Å²) in [6.07, 6.45) is 1.00. The van der Waals surface area contributed by atoms with Crippen LogP contribution in [0, 0.1) is 11.3 Å². The predicted molar refractivity (Wildman–Crippen MR) is 66.0 cm³/mol. The molecule has 1 rings (SSSR count). The molecule has 0 aliphatic rings. The number of ether oxygens (including phenoxy) is 1. The molecule has 1 aromatic rings. The zero-order valence-corrected chi connectivity index (χ0v) is 10.3. The number of hydrogen-bond donors (Lipinski definition) is 0. The minimum atomic E-state index is -0.348. The van der Waals surface area contributed by atoms with Gasteiger partial charge in [0.2, 0.25) is 0 Å². The van der Waals surface area contributed by atoms with Crippen molar-refractivity contribution in [2.75, 3.05) is 6.61 Å². The molecule has 0 amide bonds. The Hall–Kier alpha value is -2.15. The second-order valence-electron chi connectivity index (χ2n) is 3.83. The lowest BCUT2D eigenvalue weighted by Gasteiger charge is -2.03. The number of ketones is 1. The van der Waals surface area contributed by atoms with E-state index in [0.29, 0.717) is 17.7 Å². The van der Waals surface area contributed by atoms with Crippen molar-refractivity contribution in [1.29, 1.82) is 5.26 Å². The maximum atomic E-state index is 11.7. The van der Waals surface area contributed by atoms with Crippen molar-refractivity contribution in [3.63, 3.8) is 0 Å². The third-order valence-corrected chi connectivity index (χ3v) is 2.36. The van der Waals surface area contributed by atoms with Gasteiger partial charge in [-0.3, -0.25) is 9.59 Å². The van der Waals surface area contributed by atoms with E-state index in [9.17, 15) is 9.59 Å². The van der Waals surface area contributed by atoms with Crippen LogP contribution < -0.4 is 0 Å². The molecule has 4 nitrogen and oxygen atoms in total. The number of nitrogens with zero attached hydrogens (tertiary/aromatic N) is 1. The van der Waals surface area contributed by atoms with Crippen LogP contribution in [-0.2, 0) is 9.53 Å². The highest BCUT2D eigenvalue weighted by Crippen LogP contribution is 2.08. The molecule has 0 saturated heterocycles. The van der Waals surface area contributed by atoms with Gasteiger partial charge < -0.3 is 4.74 Å². The van der Waals surface area contributed by atoms with Gasteiger partial charge in [0, 0.05) is 12.0 Å². The number of esters is 1. The molecule has 0 aliphatic carbocycles. The van der Waals surface area contributed by atoms with E-state index in [2.05, 4.69) is 0 Å². The maximum absolute atomic E-state index is 11.7. The summed E-state index contributed by atoms with van der Waals surface area (Å²) in [5.41, 5.74) is 1.02. The van der Waals surface area contributed by atoms with Gasteiger partial charge in [-0.25, -0.2) is 0 Å². The van der Waals surface area contributed by atoms with E-state index in [4.69, 9.17) is 10.00 Å². The molecular weight excluding hydrogens is 230 g/mol. The van der Waals surface area contributed by atoms with Crippen molar-refractivity contribution in [2.24, 2.45) is 0 Å². The first-order valence-electron chi connectivity index (χ1n) is 5.86. The molecule has 0 spiro atoms. The van der Waals surface area contributed by atoms with Crippen molar-refractivity contribution >= 4 is 11.8 Å². The summed E-state index contributed by atoms with van der Waals surface area (Å²) < 4.78 is 4.88. The summed E-state index contributed by atoms with van der Waals surface area (Å²) in [6.45, 7) is 2.30. The summed E-state index contributed by atoms with van der Waals surface area (Å²) in [6, 6.07) is 8.34. The van der Waals surface area contributed by atoms with E-state index >= 15 is 0 Å². The van der Waals surface area contributed by atoms with Gasteiger partial charge in [-0.15, -0.1) is 0 Å². The molecule has 0 saturated carbocycles. The highest BCUT2D eigenvalue weighted by Gasteiger charge is 2.09. The minimum absolute atomic E-state index is 0.0961. The van der Waals surface area contributed by atoms with E-state index in [1.54, 1.807) is 24.3 Å². The molecule has 0 fully saturated rings. The molecule has 0 heterocycles. The number of carbonyl (C=O) groups excluding carboxylic acids is 2. The van der Waals surface area contributed by atoms with Crippen LogP contribution in [0.1, 0.15) is 42.1 Å². The average molecular weight is 245 g/mol. The Morgan fingerprint density at radius 1 is 1.22 bits per heavy atom. The molecule has 0 atom stereocenters. The molecule has 1 aromatic carbocycles. The normalized spacial score (nSPS) is 9.56. The first kappa shape index (κ1) is 13.9. The summed E-state index contributed by atoms with van der Waals surface area (Å²) in [5.74, 6) is -0.466. The number of rotatable bonds is 6. The molecule has 0 radical (unpaired) electrons. The molecular formula is C14H15NO3. The zero-order valence-electron chi connectivity index (χ0n) is 10.3. The van der Waals surface area contributed by atoms with Crippen LogP contribution in [0.25, 0.3) is 0 Å². The van der Waals surface area contributed by atoms with Gasteiger partial charge in [-0.1, -0.05) is 19.1 Å². The van der Waals surface area contributed by atoms with Crippen LogP contribution in [0.5, 0.6) is 0 Å². The van der Waals surface area contributed by atoms with Gasteiger partial charge in [-0.2, -0.15) is 5.26 Å². The summed E-state index contributed by atoms with van der Waals surface area (Å²) in [5, 5.41) is 8.63. The van der Waals surface area contributed by atoms with Crippen LogP contribution in [0.4, 0.5) is 0 Å². The van der Waals surface area contributed by atoms with Crippen LogP contribution in [0.2, 0.25) is 0 Å². The average Bonchev–Trinajstić information content (AvgIpc) is 2.42. The van der Waals surface area contributed by atoms with Crippen LogP contribution >= 0.6 is 0 Å². The van der Waals surface area contributed by atoms with E-state index in [1.807, 2.05) is 13.0 Å². The van der Waals surface area contributed by atoms with E-state index < -0.39 is 0 Å². The van der Waals surface area contributed by atoms with Gasteiger partial charge in [0.15, 0.2) is 5.78 Å². The van der Waals surface area contributed by atoms with Crippen LogP contribution in [0.3, 0.4) is 0 Å². The molecule has 0 aromatic heterocycles. The van der Waals surface area contributed by atoms with Crippen molar-refractivity contribution in [3.05, 3.63) is 35.4 Å². The number of hydrogen-bond acceptors (Lipinski definition) is 4. The van der Waals surface area contributed by atoms with Crippen molar-refractivity contribution in [1.82, 2.24) is 0 Å². The van der Waals surface area contributed by atoms with Gasteiger partial charge in [-0.05, 0) is 18.6 Å². The van der Waals surface area contributed by atoms with E-state index in [1.165, 1.54) is 0 Å². The topological polar surface area (TPSA) is 67.2 Å². The lowest BCUT2D eigenvalue weighted by atomic mass is 10.1. The Bertz CT molecular complexity index is 457. The molecule has 0 N–H and O–H groups in total. The first-order valence-corrected chi connectivity index (χ1v) is 5.86. The lowest BCUT2D eigenvalue weighted by molar-refractivity contribution is -0.143. The number of nitriles is 1. The largest absolute Gasteiger partial charge is 0.466 e. The highest BCUT2D eigenvalue weighted by molar-refractivity contribution is 5.97. The van der Waals surface area contributed by atoms with E-state index in [-0.39, 0.29) is 24.6 Å². The van der Waals surface area contributed by atoms with Crippen molar-refractivity contribution in [2.45, 2.75) is 26.2 Å². The monoisotopic (exact) mass is 245 g/mol. The summed E-state index contributed by atoms with van der Waals surface area (Å²) in [4.78, 5) is 23.0. The minimum Gasteiger partial charge on any atom is -0.466 e. The Labute approximate surface area is 106 Å². The summed E-state index contributed by atoms with van der Waals surface area (Å²) in [7, 11) is 0. The van der Waals surface area contributed by atoms with Gasteiger partial charge in [0.25, 0.3) is 0 Å². The Morgan fingerprint density at radius 2 is 1.89 bits per heavy atom. The second-order valence-corrected chi connectivity index (χ2v) is 3.83. The third kappa shape index (κ3) is 4.38. The molecule has 94 valence electrons. The fraction of sp³-hybridized carbons (Fsp3) is 0.357. The SMILES string of the molecule is CCCOC(=O)CCC(=O)c1ccc(C#N)cc1. The zero-order chi connectivity index (χ0) is 13.4. The predicted octanol–water partition coefficient (Wildman–Crippen LogP) is 2.47. The fourth-order valence-electron chi connectivity index (χ4n) is 1.38. The molecule has 0 unspecified atom stereocenters. The number of Topliss-reactive ketones (excluding diaryl/α,β-unsaturated/α-hetero) is 1. The molecule has 4 heteroatoms. The fourth-order valence-corrected chi connectivity index (χ4v) is 1.38. The number of carbonyl (C=O) groups is 2. The Kier molecular flexibility index (Phi) is 5.59. The first-order chi connectivity index (χ1) is 8.67. The van der Waals surface area contributed by atoms with Gasteiger partial charge in [0.05, 0.1) is 24.7 Å². The smallest absolute Gasteiger partial charge is 0.306 e.